The summed E-state index contributed by atoms with van der Waals surface area (Å²) in [5, 5.41) is 0. The first-order valence-corrected chi connectivity index (χ1v) is 7.04. The van der Waals surface area contributed by atoms with Crippen LogP contribution in [0.25, 0.3) is 0 Å². The smallest absolute Gasteiger partial charge is 0.178 e. The average molecular weight is 217 g/mol. The lowest BCUT2D eigenvalue weighted by molar-refractivity contribution is 0.580. The Morgan fingerprint density at radius 1 is 1.44 bits per heavy atom. The Balaban J connectivity index is 4.14. The molecule has 0 aromatic rings. The van der Waals surface area contributed by atoms with E-state index in [0.29, 0.717) is 0 Å². The lowest BCUT2D eigenvalue weighted by Gasteiger charge is -2.20. The summed E-state index contributed by atoms with van der Waals surface area (Å²) in [6.07, 6.45) is 0. The lowest BCUT2D eigenvalue weighted by Crippen LogP contribution is -2.12. The third kappa shape index (κ3) is 4.36. The lowest BCUT2D eigenvalue weighted by atomic mass is 11.8. The minimum absolute atomic E-state index is 0.0779. The van der Waals surface area contributed by atoms with Crippen LogP contribution in [0.4, 0.5) is 8.78 Å². The van der Waals surface area contributed by atoms with Gasteiger partial charge in [-0.05, 0) is 32.2 Å². The number of alkyl halides is 2. The maximum atomic E-state index is 11.6. The Morgan fingerprint density at radius 2 is 1.89 bits per heavy atom. The summed E-state index contributed by atoms with van der Waals surface area (Å²) in [7, 11) is 9.96. The Morgan fingerprint density at radius 3 is 2.00 bits per heavy atom. The van der Waals surface area contributed by atoms with Crippen molar-refractivity contribution in [3.63, 3.8) is 0 Å². The van der Waals surface area contributed by atoms with Gasteiger partial charge in [-0.25, -0.2) is 13.0 Å². The van der Waals surface area contributed by atoms with Gasteiger partial charge in [-0.3, -0.25) is 0 Å². The number of hydrogen-bond acceptors (Lipinski definition) is 2. The molecule has 0 aliphatic heterocycles. The molecule has 0 radical (unpaired) electrons. The van der Waals surface area contributed by atoms with Crippen molar-refractivity contribution in [2.24, 2.45) is 0 Å². The van der Waals surface area contributed by atoms with Crippen LogP contribution in [0, 0.1) is 0 Å². The molecule has 0 bridgehead atoms. The maximum Gasteiger partial charge on any atom is 0.178 e. The van der Waals surface area contributed by atoms with Crippen LogP contribution in [0.2, 0.25) is 0 Å². The van der Waals surface area contributed by atoms with Gasteiger partial charge in [0.2, 0.25) is 0 Å². The molecule has 0 saturated heterocycles. The molecule has 0 amide bonds. The van der Waals surface area contributed by atoms with Gasteiger partial charge in [0.15, 0.2) is 6.01 Å². The standard InChI is InChI=1S/C2H4Cl2F2OS2/c3-9(4,7,2-6)8-1-5/h1-2H2. The molecule has 0 saturated carbocycles. The van der Waals surface area contributed by atoms with Crippen LogP contribution in [0.5, 0.6) is 0 Å². The van der Waals surface area contributed by atoms with Gasteiger partial charge in [0.1, 0.15) is 12.5 Å². The predicted octanol–water partition coefficient (Wildman–Crippen LogP) is 2.62. The third-order valence-corrected chi connectivity index (χ3v) is 5.27. The van der Waals surface area contributed by atoms with E-state index in [2.05, 4.69) is 0 Å². The quantitative estimate of drug-likeness (QED) is 0.533. The zero-order valence-electron chi connectivity index (χ0n) is 4.15. The molecule has 0 atom stereocenters. The van der Waals surface area contributed by atoms with Gasteiger partial charge < -0.3 is 0 Å². The molecule has 0 N–H and O–H groups in total. The highest BCUT2D eigenvalue weighted by atomic mass is 36.0. The Hall–Kier alpha value is 0.940. The van der Waals surface area contributed by atoms with E-state index in [-0.39, 0.29) is 10.8 Å². The van der Waals surface area contributed by atoms with Crippen molar-refractivity contribution in [2.45, 2.75) is 0 Å². The second-order valence-corrected chi connectivity index (χ2v) is 11.8. The Labute approximate surface area is 63.9 Å². The minimum Gasteiger partial charge on any atom is -0.240 e. The molecule has 0 heterocycles. The molecular weight excluding hydrogens is 213 g/mol. The molecule has 0 aromatic carbocycles. The van der Waals surface area contributed by atoms with E-state index in [1.54, 1.807) is 0 Å². The molecule has 0 fully saturated rings. The van der Waals surface area contributed by atoms with Crippen molar-refractivity contribution in [3.05, 3.63) is 0 Å². The summed E-state index contributed by atoms with van der Waals surface area (Å²) in [4.78, 5) is 0. The number of halogens is 4. The molecule has 0 aromatic heterocycles. The molecule has 0 spiro atoms. The second-order valence-electron chi connectivity index (χ2n) is 1.17. The van der Waals surface area contributed by atoms with E-state index in [1.807, 2.05) is 0 Å². The first-order valence-electron chi connectivity index (χ1n) is 1.75. The SMILES string of the molecule is O=S(Cl)(Cl)(CF)SCF. The van der Waals surface area contributed by atoms with Gasteiger partial charge in [-0.2, -0.15) is 0 Å². The highest BCUT2D eigenvalue weighted by Gasteiger charge is 2.32. The predicted molar refractivity (Wildman–Crippen MR) is 39.4 cm³/mol. The Kier molecular flexibility index (Phi) is 3.20. The topological polar surface area (TPSA) is 17.1 Å². The van der Waals surface area contributed by atoms with Crippen LogP contribution in [0.3, 0.4) is 0 Å². The number of hydrogen-bond donors (Lipinski definition) is 0. The van der Waals surface area contributed by atoms with Crippen LogP contribution >= 0.6 is 32.2 Å². The van der Waals surface area contributed by atoms with E-state index in [0.717, 1.165) is 0 Å². The van der Waals surface area contributed by atoms with Crippen molar-refractivity contribution in [1.29, 1.82) is 0 Å². The highest BCUT2D eigenvalue weighted by Crippen LogP contribution is 2.48. The van der Waals surface area contributed by atoms with Crippen molar-refractivity contribution >= 4 is 38.7 Å². The van der Waals surface area contributed by atoms with Crippen LogP contribution in [0.1, 0.15) is 0 Å². The maximum absolute atomic E-state index is 11.6. The second kappa shape index (κ2) is 2.90. The van der Waals surface area contributed by atoms with Gasteiger partial charge in [0.05, 0.1) is 0 Å². The normalized spacial score (nSPS) is 16.7. The van der Waals surface area contributed by atoms with E-state index in [9.17, 15) is 13.0 Å². The molecular formula is C2H4Cl2F2OS2. The van der Waals surface area contributed by atoms with Crippen molar-refractivity contribution < 1.29 is 13.0 Å². The molecule has 9 heavy (non-hydrogen) atoms. The summed E-state index contributed by atoms with van der Waals surface area (Å²) in [5.74, 6) is 0. The van der Waals surface area contributed by atoms with E-state index in [1.165, 1.54) is 0 Å². The van der Waals surface area contributed by atoms with E-state index >= 15 is 0 Å². The van der Waals surface area contributed by atoms with Crippen LogP contribution in [-0.4, -0.2) is 16.2 Å². The fourth-order valence-corrected chi connectivity index (χ4v) is 1.64. The first-order chi connectivity index (χ1) is 3.89. The van der Waals surface area contributed by atoms with Gasteiger partial charge in [-0.1, -0.05) is 0 Å². The third-order valence-electron chi connectivity index (χ3n) is 0.437. The van der Waals surface area contributed by atoms with Gasteiger partial charge in [0, 0.05) is 0 Å². The van der Waals surface area contributed by atoms with Crippen LogP contribution in [0.15, 0.2) is 0 Å². The molecule has 0 rings (SSSR count). The fraction of sp³-hybridized carbons (Fsp3) is 1.00. The molecule has 0 aliphatic carbocycles. The molecule has 1 nitrogen and oxygen atoms in total. The number of rotatable bonds is 3. The molecule has 0 aliphatic rings. The van der Waals surface area contributed by atoms with Crippen LogP contribution in [-0.2, 0) is 6.52 Å². The van der Waals surface area contributed by atoms with Gasteiger partial charge >= 0.3 is 0 Å². The van der Waals surface area contributed by atoms with Crippen LogP contribution < -0.4 is 0 Å². The summed E-state index contributed by atoms with van der Waals surface area (Å²) < 4.78 is 33.6. The molecule has 0 unspecified atom stereocenters. The minimum atomic E-state index is -4.34. The fourth-order valence-electron chi connectivity index (χ4n) is 0.115. The van der Waals surface area contributed by atoms with Crippen molar-refractivity contribution in [2.75, 3.05) is 12.0 Å². The largest absolute Gasteiger partial charge is 0.240 e. The van der Waals surface area contributed by atoms with Crippen molar-refractivity contribution in [1.82, 2.24) is 0 Å². The highest BCUT2D eigenvalue weighted by molar-refractivity contribution is 9.02. The zero-order valence-corrected chi connectivity index (χ0v) is 7.30. The van der Waals surface area contributed by atoms with E-state index in [4.69, 9.17) is 21.4 Å². The van der Waals surface area contributed by atoms with Gasteiger partial charge in [-0.15, -0.1) is 0 Å². The molecule has 7 heteroatoms. The van der Waals surface area contributed by atoms with Gasteiger partial charge in [0.25, 0.3) is 0 Å². The molecule has 58 valence electrons. The summed E-state index contributed by atoms with van der Waals surface area (Å²) in [6, 6.07) is -2.48. The summed E-state index contributed by atoms with van der Waals surface area (Å²) in [5.41, 5.74) is 0. The summed E-state index contributed by atoms with van der Waals surface area (Å²) >= 11 is 0. The zero-order chi connectivity index (χ0) is 7.57. The monoisotopic (exact) mass is 216 g/mol. The average Bonchev–Trinajstić information content (AvgIpc) is 1.66. The first kappa shape index (κ1) is 9.94. The summed E-state index contributed by atoms with van der Waals surface area (Å²) in [6.45, 7) is -4.34. The van der Waals surface area contributed by atoms with Crippen molar-refractivity contribution in [3.8, 4) is 0 Å². The Bertz CT molecular complexity index is 155. The van der Waals surface area contributed by atoms with E-state index < -0.39 is 18.5 Å².